The van der Waals surface area contributed by atoms with E-state index in [0.29, 0.717) is 5.92 Å². The highest BCUT2D eigenvalue weighted by Crippen LogP contribution is 2.33. The molecule has 1 aromatic rings. The summed E-state index contributed by atoms with van der Waals surface area (Å²) in [6.45, 7) is 9.82. The molecule has 1 aliphatic rings. The number of rotatable bonds is 7. The van der Waals surface area contributed by atoms with Gasteiger partial charge in [0.15, 0.2) is 0 Å². The van der Waals surface area contributed by atoms with E-state index in [1.807, 2.05) is 0 Å². The molecule has 0 aliphatic heterocycles. The van der Waals surface area contributed by atoms with E-state index in [4.69, 9.17) is 0 Å². The van der Waals surface area contributed by atoms with E-state index in [2.05, 4.69) is 65.1 Å². The number of benzene rings is 1. The van der Waals surface area contributed by atoms with Crippen LogP contribution in [0, 0.1) is 5.92 Å². The lowest BCUT2D eigenvalue weighted by Gasteiger charge is -2.23. The maximum Gasteiger partial charge on any atom is 0.0380 e. The van der Waals surface area contributed by atoms with Crippen LogP contribution in [0.25, 0.3) is 0 Å². The second-order valence-corrected chi connectivity index (χ2v) is 6.67. The molecule has 1 aliphatic carbocycles. The fraction of sp³-hybridized carbons (Fsp3) is 0.625. The molecule has 1 aromatic carbocycles. The summed E-state index contributed by atoms with van der Waals surface area (Å²) >= 11 is 3.71. The largest absolute Gasteiger partial charge is 0.369 e. The van der Waals surface area contributed by atoms with Crippen LogP contribution in [0.15, 0.2) is 22.7 Å². The summed E-state index contributed by atoms with van der Waals surface area (Å²) in [7, 11) is 0. The lowest BCUT2D eigenvalue weighted by atomic mass is 10.1. The van der Waals surface area contributed by atoms with E-state index in [-0.39, 0.29) is 0 Å². The van der Waals surface area contributed by atoms with Gasteiger partial charge in [-0.2, -0.15) is 0 Å². The first-order chi connectivity index (χ1) is 9.11. The smallest absolute Gasteiger partial charge is 0.0380 e. The highest BCUT2D eigenvalue weighted by Gasteiger charge is 2.28. The molecule has 2 rings (SSSR count). The fourth-order valence-electron chi connectivity index (χ4n) is 2.39. The van der Waals surface area contributed by atoms with E-state index in [1.165, 1.54) is 28.6 Å². The van der Waals surface area contributed by atoms with Crippen molar-refractivity contribution in [3.05, 3.63) is 28.2 Å². The summed E-state index contributed by atoms with van der Waals surface area (Å²) in [6, 6.07) is 7.56. The third-order valence-corrected chi connectivity index (χ3v) is 4.30. The van der Waals surface area contributed by atoms with Crippen LogP contribution in [0.5, 0.6) is 0 Å². The molecule has 1 fully saturated rings. The molecule has 0 saturated heterocycles. The predicted molar refractivity (Wildman–Crippen MR) is 86.7 cm³/mol. The molecule has 1 saturated carbocycles. The first-order valence-electron chi connectivity index (χ1n) is 7.37. The Morgan fingerprint density at radius 3 is 2.63 bits per heavy atom. The normalized spacial score (nSPS) is 15.0. The van der Waals surface area contributed by atoms with E-state index < -0.39 is 0 Å². The molecule has 0 amide bonds. The fourth-order valence-corrected chi connectivity index (χ4v) is 2.90. The molecule has 0 unspecified atom stereocenters. The van der Waals surface area contributed by atoms with E-state index >= 15 is 0 Å². The minimum Gasteiger partial charge on any atom is -0.369 e. The van der Waals surface area contributed by atoms with Crippen LogP contribution in [0.2, 0.25) is 0 Å². The molecule has 0 atom stereocenters. The molecule has 19 heavy (non-hydrogen) atoms. The summed E-state index contributed by atoms with van der Waals surface area (Å²) in [6.07, 6.45) is 2.70. The Labute approximate surface area is 125 Å². The number of hydrogen-bond acceptors (Lipinski definition) is 2. The van der Waals surface area contributed by atoms with Crippen LogP contribution >= 0.6 is 15.9 Å². The van der Waals surface area contributed by atoms with Crippen LogP contribution in [0.3, 0.4) is 0 Å². The lowest BCUT2D eigenvalue weighted by molar-refractivity contribution is 0.552. The molecule has 3 heteroatoms. The third-order valence-electron chi connectivity index (χ3n) is 3.56. The summed E-state index contributed by atoms with van der Waals surface area (Å²) in [5.74, 6) is 0.698. The number of halogens is 1. The zero-order valence-electron chi connectivity index (χ0n) is 12.2. The predicted octanol–water partition coefficient (Wildman–Crippen LogP) is 4.18. The van der Waals surface area contributed by atoms with Gasteiger partial charge < -0.3 is 10.2 Å². The molecule has 0 spiro atoms. The Morgan fingerprint density at radius 1 is 1.37 bits per heavy atom. The van der Waals surface area contributed by atoms with Crippen molar-refractivity contribution in [1.29, 1.82) is 0 Å². The molecule has 2 nitrogen and oxygen atoms in total. The maximum absolute atomic E-state index is 3.71. The van der Waals surface area contributed by atoms with Crippen LogP contribution in [-0.2, 0) is 6.54 Å². The molecule has 106 valence electrons. The first-order valence-corrected chi connectivity index (χ1v) is 8.17. The third kappa shape index (κ3) is 4.22. The van der Waals surface area contributed by atoms with Gasteiger partial charge in [-0.05, 0) is 49.9 Å². The summed E-state index contributed by atoms with van der Waals surface area (Å²) in [4.78, 5) is 2.51. The van der Waals surface area contributed by atoms with Crippen molar-refractivity contribution in [3.63, 3.8) is 0 Å². The van der Waals surface area contributed by atoms with Gasteiger partial charge in [0.2, 0.25) is 0 Å². The lowest BCUT2D eigenvalue weighted by Crippen LogP contribution is -2.25. The quantitative estimate of drug-likeness (QED) is 0.809. The second kappa shape index (κ2) is 6.76. The Bertz CT molecular complexity index is 413. The summed E-state index contributed by atoms with van der Waals surface area (Å²) < 4.78 is 1.22. The summed E-state index contributed by atoms with van der Waals surface area (Å²) in [5, 5.41) is 3.50. The van der Waals surface area contributed by atoms with Gasteiger partial charge in [-0.25, -0.2) is 0 Å². The highest BCUT2D eigenvalue weighted by molar-refractivity contribution is 9.10. The van der Waals surface area contributed by atoms with E-state index in [0.717, 1.165) is 25.7 Å². The van der Waals surface area contributed by atoms with Gasteiger partial charge in [-0.3, -0.25) is 0 Å². The van der Waals surface area contributed by atoms with Crippen molar-refractivity contribution >= 4 is 21.6 Å². The van der Waals surface area contributed by atoms with Gasteiger partial charge in [0.05, 0.1) is 0 Å². The standard InChI is InChI=1S/C16H25BrN2/c1-4-19(14-7-8-14)15-6-5-13(16(17)9-15)11-18-10-12(2)3/h5-6,9,12,14,18H,4,7-8,10-11H2,1-3H3. The van der Waals surface area contributed by atoms with E-state index in [1.54, 1.807) is 0 Å². The average molecular weight is 325 g/mol. The first kappa shape index (κ1) is 14.9. The molecule has 0 aromatic heterocycles. The van der Waals surface area contributed by atoms with Crippen molar-refractivity contribution in [2.75, 3.05) is 18.0 Å². The number of nitrogens with zero attached hydrogens (tertiary/aromatic N) is 1. The maximum atomic E-state index is 3.71. The van der Waals surface area contributed by atoms with Crippen molar-refractivity contribution in [2.24, 2.45) is 5.92 Å². The molecule has 1 N–H and O–H groups in total. The zero-order chi connectivity index (χ0) is 13.8. The topological polar surface area (TPSA) is 15.3 Å². The summed E-state index contributed by atoms with van der Waals surface area (Å²) in [5.41, 5.74) is 2.70. The Hall–Kier alpha value is -0.540. The Balaban J connectivity index is 1.99. The molecule has 0 bridgehead atoms. The molecular formula is C16H25BrN2. The van der Waals surface area contributed by atoms with Crippen LogP contribution in [-0.4, -0.2) is 19.1 Å². The van der Waals surface area contributed by atoms with Crippen molar-refractivity contribution in [3.8, 4) is 0 Å². The monoisotopic (exact) mass is 324 g/mol. The average Bonchev–Trinajstić information content (AvgIpc) is 3.17. The van der Waals surface area contributed by atoms with Gasteiger partial charge in [0.1, 0.15) is 0 Å². The van der Waals surface area contributed by atoms with Gasteiger partial charge in [-0.1, -0.05) is 35.8 Å². The van der Waals surface area contributed by atoms with Gasteiger partial charge in [0.25, 0.3) is 0 Å². The van der Waals surface area contributed by atoms with Crippen molar-refractivity contribution in [1.82, 2.24) is 5.32 Å². The number of nitrogens with one attached hydrogen (secondary N) is 1. The van der Waals surface area contributed by atoms with Crippen LogP contribution in [0.4, 0.5) is 5.69 Å². The van der Waals surface area contributed by atoms with Crippen molar-refractivity contribution < 1.29 is 0 Å². The number of hydrogen-bond donors (Lipinski definition) is 1. The van der Waals surface area contributed by atoms with Crippen molar-refractivity contribution in [2.45, 2.75) is 46.2 Å². The second-order valence-electron chi connectivity index (χ2n) is 5.82. The Kier molecular flexibility index (Phi) is 5.28. The zero-order valence-corrected chi connectivity index (χ0v) is 13.8. The minimum absolute atomic E-state index is 0.698. The minimum atomic E-state index is 0.698. The number of anilines is 1. The van der Waals surface area contributed by atoms with Crippen LogP contribution < -0.4 is 10.2 Å². The highest BCUT2D eigenvalue weighted by atomic mass is 79.9. The molecule has 0 heterocycles. The molecular weight excluding hydrogens is 300 g/mol. The van der Waals surface area contributed by atoms with Gasteiger partial charge >= 0.3 is 0 Å². The van der Waals surface area contributed by atoms with Gasteiger partial charge in [-0.15, -0.1) is 0 Å². The van der Waals surface area contributed by atoms with Crippen LogP contribution in [0.1, 0.15) is 39.2 Å². The van der Waals surface area contributed by atoms with E-state index in [9.17, 15) is 0 Å². The SMILES string of the molecule is CCN(c1ccc(CNCC(C)C)c(Br)c1)C1CC1. The Morgan fingerprint density at radius 2 is 2.11 bits per heavy atom. The molecule has 0 radical (unpaired) electrons. The van der Waals surface area contributed by atoms with Gasteiger partial charge in [0, 0.05) is 29.3 Å².